The van der Waals surface area contributed by atoms with Crippen molar-refractivity contribution in [1.29, 1.82) is 5.26 Å². The molecule has 170 valence electrons. The molecule has 5 rings (SSSR count). The maximum atomic E-state index is 12.8. The summed E-state index contributed by atoms with van der Waals surface area (Å²) in [5.74, 6) is 1.16. The van der Waals surface area contributed by atoms with Crippen molar-refractivity contribution in [2.45, 2.75) is 45.1 Å². The normalized spacial score (nSPS) is 18.8. The van der Waals surface area contributed by atoms with Crippen LogP contribution in [0.25, 0.3) is 5.57 Å². The van der Waals surface area contributed by atoms with Crippen LogP contribution in [0.1, 0.15) is 55.3 Å². The molecule has 2 N–H and O–H groups in total. The number of fused-ring (bicyclic) bond motifs is 1. The molecule has 1 aliphatic carbocycles. The van der Waals surface area contributed by atoms with Crippen LogP contribution in [0.4, 0.5) is 11.4 Å². The number of rotatable bonds is 5. The first kappa shape index (κ1) is 21.5. The number of hydrogen-bond acceptors (Lipinski definition) is 5. The minimum atomic E-state index is 0.275. The van der Waals surface area contributed by atoms with E-state index in [2.05, 4.69) is 50.9 Å². The topological polar surface area (TPSA) is 81.1 Å². The summed E-state index contributed by atoms with van der Waals surface area (Å²) < 4.78 is 0. The van der Waals surface area contributed by atoms with Crippen molar-refractivity contribution >= 4 is 22.9 Å². The van der Waals surface area contributed by atoms with Gasteiger partial charge in [-0.1, -0.05) is 18.9 Å². The molecule has 1 aromatic carbocycles. The highest BCUT2D eigenvalue weighted by atomic mass is 16.2. The number of nitriles is 1. The van der Waals surface area contributed by atoms with E-state index in [9.17, 15) is 4.79 Å². The summed E-state index contributed by atoms with van der Waals surface area (Å²) in [6, 6.07) is 12.2. The minimum absolute atomic E-state index is 0.275. The van der Waals surface area contributed by atoms with E-state index >= 15 is 0 Å². The molecule has 0 radical (unpaired) electrons. The number of nitrogens with one attached hydrogen (secondary N) is 2. The number of allylic oxidation sites excluding steroid dienone is 1. The van der Waals surface area contributed by atoms with Gasteiger partial charge in [-0.15, -0.1) is 0 Å². The van der Waals surface area contributed by atoms with Gasteiger partial charge in [0.05, 0.1) is 23.9 Å². The fourth-order valence-electron chi connectivity index (χ4n) is 5.49. The number of likely N-dealkylation sites (tertiary alicyclic amines) is 1. The van der Waals surface area contributed by atoms with Crippen LogP contribution in [0.5, 0.6) is 0 Å². The Hall–Kier alpha value is -3.33. The van der Waals surface area contributed by atoms with Crippen LogP contribution in [-0.2, 0) is 11.3 Å². The summed E-state index contributed by atoms with van der Waals surface area (Å²) in [7, 11) is 0. The number of pyridine rings is 1. The van der Waals surface area contributed by atoms with Crippen LogP contribution in [0.2, 0.25) is 0 Å². The van der Waals surface area contributed by atoms with Gasteiger partial charge in [0, 0.05) is 48.7 Å². The van der Waals surface area contributed by atoms with E-state index in [1.165, 1.54) is 29.7 Å². The Morgan fingerprint density at radius 3 is 2.76 bits per heavy atom. The van der Waals surface area contributed by atoms with Crippen LogP contribution >= 0.6 is 0 Å². The summed E-state index contributed by atoms with van der Waals surface area (Å²) in [5.41, 5.74) is 6.35. The number of piperidine rings is 1. The van der Waals surface area contributed by atoms with Crippen molar-refractivity contribution in [2.75, 3.05) is 30.3 Å². The first-order valence-corrected chi connectivity index (χ1v) is 12.2. The smallest absolute Gasteiger partial charge is 0.225 e. The third kappa shape index (κ3) is 4.73. The second kappa shape index (κ2) is 9.66. The number of nitrogens with zero attached hydrogens (tertiary/aromatic N) is 3. The molecule has 0 bridgehead atoms. The third-order valence-electron chi connectivity index (χ3n) is 7.32. The second-order valence-electron chi connectivity index (χ2n) is 9.38. The third-order valence-corrected chi connectivity index (χ3v) is 7.32. The Balaban J connectivity index is 1.25. The molecular weight excluding hydrogens is 410 g/mol. The zero-order valence-electron chi connectivity index (χ0n) is 19.0. The molecule has 6 heteroatoms. The van der Waals surface area contributed by atoms with Gasteiger partial charge in [0.2, 0.25) is 5.91 Å². The monoisotopic (exact) mass is 441 g/mol. The molecule has 33 heavy (non-hydrogen) atoms. The highest BCUT2D eigenvalue weighted by Gasteiger charge is 2.32. The van der Waals surface area contributed by atoms with E-state index in [0.717, 1.165) is 56.7 Å². The fourth-order valence-corrected chi connectivity index (χ4v) is 5.49. The Morgan fingerprint density at radius 1 is 1.15 bits per heavy atom. The molecule has 1 saturated heterocycles. The molecule has 2 aliphatic heterocycles. The Morgan fingerprint density at radius 2 is 1.97 bits per heavy atom. The molecule has 0 atom stereocenters. The number of anilines is 2. The van der Waals surface area contributed by atoms with Gasteiger partial charge in [0.25, 0.3) is 0 Å². The van der Waals surface area contributed by atoms with E-state index in [4.69, 9.17) is 5.26 Å². The largest absolute Gasteiger partial charge is 0.381 e. The molecule has 0 spiro atoms. The highest BCUT2D eigenvalue weighted by Crippen LogP contribution is 2.39. The fraction of sp³-hybridized carbons (Fsp3) is 0.444. The first-order chi connectivity index (χ1) is 16.2. The van der Waals surface area contributed by atoms with Crippen LogP contribution in [0.3, 0.4) is 0 Å². The predicted molar refractivity (Wildman–Crippen MR) is 130 cm³/mol. The molecule has 1 amide bonds. The summed E-state index contributed by atoms with van der Waals surface area (Å²) in [6.45, 7) is 3.17. The van der Waals surface area contributed by atoms with E-state index in [1.807, 2.05) is 6.07 Å². The van der Waals surface area contributed by atoms with Crippen LogP contribution in [0.15, 0.2) is 42.6 Å². The minimum Gasteiger partial charge on any atom is -0.381 e. The molecule has 1 aromatic heterocycles. The van der Waals surface area contributed by atoms with Crippen LogP contribution in [0, 0.1) is 23.2 Å². The zero-order chi connectivity index (χ0) is 22.6. The molecule has 1 saturated carbocycles. The van der Waals surface area contributed by atoms with Gasteiger partial charge in [-0.2, -0.15) is 5.26 Å². The van der Waals surface area contributed by atoms with Crippen molar-refractivity contribution in [3.05, 3.63) is 59.4 Å². The van der Waals surface area contributed by atoms with Crippen molar-refractivity contribution < 1.29 is 4.79 Å². The summed E-state index contributed by atoms with van der Waals surface area (Å²) in [6.07, 6.45) is 10.6. The van der Waals surface area contributed by atoms with Gasteiger partial charge < -0.3 is 15.5 Å². The molecule has 3 heterocycles. The van der Waals surface area contributed by atoms with Gasteiger partial charge >= 0.3 is 0 Å². The number of benzene rings is 1. The van der Waals surface area contributed by atoms with E-state index in [1.54, 1.807) is 12.3 Å². The average Bonchev–Trinajstić information content (AvgIpc) is 3.42. The highest BCUT2D eigenvalue weighted by molar-refractivity contribution is 5.83. The maximum Gasteiger partial charge on any atom is 0.225 e. The van der Waals surface area contributed by atoms with Crippen molar-refractivity contribution in [3.63, 3.8) is 0 Å². The van der Waals surface area contributed by atoms with Gasteiger partial charge in [-0.25, -0.2) is 0 Å². The van der Waals surface area contributed by atoms with Gasteiger partial charge in [0.1, 0.15) is 0 Å². The van der Waals surface area contributed by atoms with Gasteiger partial charge in [0.15, 0.2) is 0 Å². The number of amides is 1. The molecule has 2 aromatic rings. The molecule has 2 fully saturated rings. The first-order valence-electron chi connectivity index (χ1n) is 12.2. The quantitative estimate of drug-likeness (QED) is 0.696. The lowest BCUT2D eigenvalue weighted by molar-refractivity contribution is -0.136. The number of aromatic nitrogens is 1. The molecular formula is C27H31N5O. The number of carbonyl (C=O) groups is 1. The Labute approximate surface area is 195 Å². The van der Waals surface area contributed by atoms with Crippen molar-refractivity contribution in [2.24, 2.45) is 11.8 Å². The number of carbonyl (C=O) groups excluding carboxylic acids is 1. The zero-order valence-corrected chi connectivity index (χ0v) is 19.0. The van der Waals surface area contributed by atoms with Crippen LogP contribution < -0.4 is 10.6 Å². The SMILES string of the molecule is N#Cc1ccnc(CNc2ccc3c(c2)C(C2CCN(C(=O)C4CCCC4)CC2)=CCN3)c1. The van der Waals surface area contributed by atoms with Crippen LogP contribution in [-0.4, -0.2) is 35.4 Å². The number of hydrogen-bond donors (Lipinski definition) is 2. The Bertz CT molecular complexity index is 1090. The lowest BCUT2D eigenvalue weighted by Gasteiger charge is -2.36. The predicted octanol–water partition coefficient (Wildman–Crippen LogP) is 4.80. The van der Waals surface area contributed by atoms with E-state index in [0.29, 0.717) is 23.9 Å². The van der Waals surface area contributed by atoms with E-state index < -0.39 is 0 Å². The van der Waals surface area contributed by atoms with Gasteiger partial charge in [-0.05, 0) is 67.5 Å². The lowest BCUT2D eigenvalue weighted by Crippen LogP contribution is -2.41. The maximum absolute atomic E-state index is 12.8. The lowest BCUT2D eigenvalue weighted by atomic mass is 9.82. The Kier molecular flexibility index (Phi) is 6.30. The summed E-state index contributed by atoms with van der Waals surface area (Å²) in [4.78, 5) is 19.3. The summed E-state index contributed by atoms with van der Waals surface area (Å²) >= 11 is 0. The van der Waals surface area contributed by atoms with Crippen molar-refractivity contribution in [3.8, 4) is 6.07 Å². The second-order valence-corrected chi connectivity index (χ2v) is 9.38. The average molecular weight is 442 g/mol. The summed E-state index contributed by atoms with van der Waals surface area (Å²) in [5, 5.41) is 16.1. The standard InChI is InChI=1S/C27H31N5O/c28-17-19-7-11-29-23(15-19)18-31-22-5-6-26-25(16-22)24(8-12-30-26)20-9-13-32(14-10-20)27(33)21-3-1-2-4-21/h5-8,11,15-16,20-21,30-31H,1-4,9-10,12-14,18H2. The van der Waals surface area contributed by atoms with Crippen molar-refractivity contribution in [1.82, 2.24) is 9.88 Å². The van der Waals surface area contributed by atoms with Gasteiger partial charge in [-0.3, -0.25) is 9.78 Å². The van der Waals surface area contributed by atoms with E-state index in [-0.39, 0.29) is 5.92 Å². The molecule has 6 nitrogen and oxygen atoms in total. The molecule has 3 aliphatic rings. The molecule has 0 unspecified atom stereocenters.